The van der Waals surface area contributed by atoms with Gasteiger partial charge in [-0.2, -0.15) is 11.8 Å². The first kappa shape index (κ1) is 24.2. The van der Waals surface area contributed by atoms with Crippen molar-refractivity contribution in [2.24, 2.45) is 0 Å². The van der Waals surface area contributed by atoms with E-state index >= 15 is 0 Å². The number of ether oxygens (including phenoxy) is 2. The summed E-state index contributed by atoms with van der Waals surface area (Å²) < 4.78 is 9.54. The van der Waals surface area contributed by atoms with E-state index in [1.807, 2.05) is 20.8 Å². The van der Waals surface area contributed by atoms with E-state index in [-0.39, 0.29) is 10.5 Å². The van der Waals surface area contributed by atoms with Crippen molar-refractivity contribution in [2.45, 2.75) is 70.9 Å². The zero-order chi connectivity index (χ0) is 20.7. The summed E-state index contributed by atoms with van der Waals surface area (Å²) in [7, 11) is 1.12. The fraction of sp³-hybridized carbons (Fsp3) is 0.765. The van der Waals surface area contributed by atoms with Gasteiger partial charge >= 0.3 is 12.1 Å². The Kier molecular flexibility index (Phi) is 9.13. The van der Waals surface area contributed by atoms with Crippen molar-refractivity contribution in [2.75, 3.05) is 12.9 Å². The molecule has 2 amide bonds. The lowest BCUT2D eigenvalue weighted by atomic mass is 10.2. The molecule has 0 aliphatic heterocycles. The van der Waals surface area contributed by atoms with Crippen LogP contribution in [-0.2, 0) is 23.9 Å². The summed E-state index contributed by atoms with van der Waals surface area (Å²) in [6.07, 6.45) is -0.760. The predicted molar refractivity (Wildman–Crippen MR) is 100.0 cm³/mol. The second kappa shape index (κ2) is 9.80. The van der Waals surface area contributed by atoms with Crippen molar-refractivity contribution < 1.29 is 28.7 Å². The van der Waals surface area contributed by atoms with Gasteiger partial charge in [0.05, 0.1) is 7.11 Å². The highest BCUT2D eigenvalue weighted by molar-refractivity contribution is 8.00. The minimum Gasteiger partial charge on any atom is -0.467 e. The van der Waals surface area contributed by atoms with Gasteiger partial charge in [0.25, 0.3) is 0 Å². The Labute approximate surface area is 159 Å². The molecule has 0 spiro atoms. The third-order valence-corrected chi connectivity index (χ3v) is 4.19. The maximum absolute atomic E-state index is 12.5. The van der Waals surface area contributed by atoms with Gasteiger partial charge in [0.15, 0.2) is 11.8 Å². The number of amides is 2. The molecule has 0 aliphatic carbocycles. The molecule has 0 radical (unpaired) electrons. The minimum atomic E-state index is -1.42. The SMILES string of the molecule is COC(=O)C(NC(=O)[C@H](CSC(C)(C)C)NC(=O)OC(C)(C)C)C(C)=O. The maximum atomic E-state index is 12.5. The molecular formula is C17H30N2O6S. The third-order valence-electron chi connectivity index (χ3n) is 2.82. The summed E-state index contributed by atoms with van der Waals surface area (Å²) in [5.41, 5.74) is -0.726. The summed E-state index contributed by atoms with van der Waals surface area (Å²) in [4.78, 5) is 47.8. The number of Topliss-reactive ketones (excluding diaryl/α,β-unsaturated/α-hetero) is 1. The molecule has 0 saturated carbocycles. The lowest BCUT2D eigenvalue weighted by molar-refractivity contribution is -0.148. The van der Waals surface area contributed by atoms with E-state index in [9.17, 15) is 19.2 Å². The number of nitrogens with one attached hydrogen (secondary N) is 2. The van der Waals surface area contributed by atoms with Crippen LogP contribution in [0.1, 0.15) is 48.5 Å². The largest absolute Gasteiger partial charge is 0.467 e. The van der Waals surface area contributed by atoms with Crippen LogP contribution in [0, 0.1) is 0 Å². The topological polar surface area (TPSA) is 111 Å². The first-order valence-corrected chi connectivity index (χ1v) is 9.17. The quantitative estimate of drug-likeness (QED) is 0.502. The van der Waals surface area contributed by atoms with Gasteiger partial charge < -0.3 is 20.1 Å². The van der Waals surface area contributed by atoms with Crippen LogP contribution >= 0.6 is 11.8 Å². The van der Waals surface area contributed by atoms with Gasteiger partial charge in [-0.25, -0.2) is 9.59 Å². The monoisotopic (exact) mass is 390 g/mol. The molecule has 2 atom stereocenters. The molecule has 2 N–H and O–H groups in total. The Hall–Kier alpha value is -1.77. The van der Waals surface area contributed by atoms with Gasteiger partial charge in [0.1, 0.15) is 11.6 Å². The summed E-state index contributed by atoms with van der Waals surface area (Å²) in [6, 6.07) is -2.41. The molecule has 0 aromatic carbocycles. The molecule has 150 valence electrons. The van der Waals surface area contributed by atoms with Crippen molar-refractivity contribution in [3.8, 4) is 0 Å². The normalized spacial score (nSPS) is 14.0. The Morgan fingerprint density at radius 1 is 1.00 bits per heavy atom. The first-order chi connectivity index (χ1) is 11.7. The van der Waals surface area contributed by atoms with Crippen LogP contribution in [0.2, 0.25) is 0 Å². The number of carbonyl (C=O) groups is 4. The fourth-order valence-corrected chi connectivity index (χ4v) is 2.55. The van der Waals surface area contributed by atoms with Crippen LogP contribution in [0.3, 0.4) is 0 Å². The summed E-state index contributed by atoms with van der Waals surface area (Å²) in [5, 5.41) is 4.81. The molecule has 8 nitrogen and oxygen atoms in total. The van der Waals surface area contributed by atoms with Gasteiger partial charge in [0.2, 0.25) is 5.91 Å². The molecule has 0 aliphatic rings. The van der Waals surface area contributed by atoms with Gasteiger partial charge in [-0.15, -0.1) is 0 Å². The Morgan fingerprint density at radius 3 is 1.92 bits per heavy atom. The number of hydrogen-bond donors (Lipinski definition) is 2. The number of esters is 1. The van der Waals surface area contributed by atoms with E-state index in [1.54, 1.807) is 20.8 Å². The van der Waals surface area contributed by atoms with Crippen LogP contribution in [0.15, 0.2) is 0 Å². The van der Waals surface area contributed by atoms with Crippen LogP contribution in [0.4, 0.5) is 4.79 Å². The minimum absolute atomic E-state index is 0.156. The number of alkyl carbamates (subject to hydrolysis) is 1. The zero-order valence-corrected chi connectivity index (χ0v) is 17.5. The average molecular weight is 391 g/mol. The predicted octanol–water partition coefficient (Wildman–Crippen LogP) is 1.66. The van der Waals surface area contributed by atoms with Crippen LogP contribution in [-0.4, -0.2) is 59.0 Å². The van der Waals surface area contributed by atoms with Gasteiger partial charge in [-0.3, -0.25) is 9.59 Å². The number of ketones is 1. The van der Waals surface area contributed by atoms with E-state index in [0.29, 0.717) is 0 Å². The van der Waals surface area contributed by atoms with Crippen LogP contribution in [0.25, 0.3) is 0 Å². The van der Waals surface area contributed by atoms with Crippen molar-refractivity contribution in [1.29, 1.82) is 0 Å². The van der Waals surface area contributed by atoms with Crippen LogP contribution < -0.4 is 10.6 Å². The lowest BCUT2D eigenvalue weighted by Crippen LogP contribution is -2.55. The van der Waals surface area contributed by atoms with Gasteiger partial charge in [-0.05, 0) is 27.7 Å². The van der Waals surface area contributed by atoms with Crippen molar-refractivity contribution in [1.82, 2.24) is 10.6 Å². The Morgan fingerprint density at radius 2 is 1.54 bits per heavy atom. The summed E-state index contributed by atoms with van der Waals surface area (Å²) in [5.74, 6) is -1.87. The van der Waals surface area contributed by atoms with Crippen LogP contribution in [0.5, 0.6) is 0 Å². The highest BCUT2D eigenvalue weighted by atomic mass is 32.2. The van der Waals surface area contributed by atoms with E-state index in [2.05, 4.69) is 15.4 Å². The molecule has 9 heteroatoms. The molecule has 26 heavy (non-hydrogen) atoms. The highest BCUT2D eigenvalue weighted by Gasteiger charge is 2.32. The van der Waals surface area contributed by atoms with Crippen molar-refractivity contribution >= 4 is 35.5 Å². The van der Waals surface area contributed by atoms with E-state index < -0.39 is 41.4 Å². The molecule has 0 rings (SSSR count). The summed E-state index contributed by atoms with van der Waals surface area (Å²) in [6.45, 7) is 12.2. The van der Waals surface area contributed by atoms with Gasteiger partial charge in [-0.1, -0.05) is 20.8 Å². The lowest BCUT2D eigenvalue weighted by Gasteiger charge is -2.26. The smallest absolute Gasteiger partial charge is 0.408 e. The van der Waals surface area contributed by atoms with E-state index in [1.165, 1.54) is 18.7 Å². The molecule has 0 heterocycles. The molecule has 0 aromatic rings. The first-order valence-electron chi connectivity index (χ1n) is 8.18. The number of carbonyl (C=O) groups excluding carboxylic acids is 4. The molecule has 0 bridgehead atoms. The van der Waals surface area contributed by atoms with Crippen molar-refractivity contribution in [3.63, 3.8) is 0 Å². The number of methoxy groups -OCH3 is 1. The average Bonchev–Trinajstić information content (AvgIpc) is 2.44. The fourth-order valence-electron chi connectivity index (χ4n) is 1.65. The Bertz CT molecular complexity index is 536. The molecule has 0 fully saturated rings. The standard InChI is InChI=1S/C17H30N2O6S/c1-10(20)12(14(22)24-8)19-13(21)11(9-26-17(5,6)7)18-15(23)25-16(2,3)4/h11-12H,9H2,1-8H3,(H,18,23)(H,19,21)/t11-,12?/m0/s1. The number of rotatable bonds is 7. The zero-order valence-electron chi connectivity index (χ0n) is 16.7. The molecule has 0 aromatic heterocycles. The second-order valence-corrected chi connectivity index (χ2v) is 9.54. The number of hydrogen-bond acceptors (Lipinski definition) is 7. The third kappa shape index (κ3) is 10.3. The highest BCUT2D eigenvalue weighted by Crippen LogP contribution is 2.24. The van der Waals surface area contributed by atoms with Gasteiger partial charge in [0, 0.05) is 10.5 Å². The van der Waals surface area contributed by atoms with E-state index in [4.69, 9.17) is 4.74 Å². The second-order valence-electron chi connectivity index (χ2n) is 7.70. The van der Waals surface area contributed by atoms with Crippen molar-refractivity contribution in [3.05, 3.63) is 0 Å². The maximum Gasteiger partial charge on any atom is 0.408 e. The molecular weight excluding hydrogens is 360 g/mol. The Balaban J connectivity index is 5.23. The molecule has 1 unspecified atom stereocenters. The summed E-state index contributed by atoms with van der Waals surface area (Å²) >= 11 is 1.45. The van der Waals surface area contributed by atoms with E-state index in [0.717, 1.165) is 7.11 Å². The number of thioether (sulfide) groups is 1. The molecule has 0 saturated heterocycles.